The number of fused-ring (bicyclic) bond motifs is 2. The molecule has 7 heteroatoms. The van der Waals surface area contributed by atoms with Gasteiger partial charge in [-0.1, -0.05) is 38.1 Å². The standard InChI is InChI=1S/C21H21N3O3S/c1-14(2)11-12-24-13-16(20(25)15-7-3-5-9-18(15)24)21-22-17-8-4-6-10-19(17)28(26,27)23-21/h3-10,13-14H,11-12H2,1-2H3,(H,22,23)/p+1. The zero-order valence-corrected chi connectivity index (χ0v) is 16.6. The number of anilines is 1. The molecule has 6 nitrogen and oxygen atoms in total. The molecule has 1 aliphatic heterocycles. The van der Waals surface area contributed by atoms with Gasteiger partial charge in [-0.05, 0) is 36.6 Å². The predicted molar refractivity (Wildman–Crippen MR) is 110 cm³/mol. The van der Waals surface area contributed by atoms with Crippen molar-refractivity contribution in [3.8, 4) is 0 Å². The van der Waals surface area contributed by atoms with Crippen molar-refractivity contribution >= 4 is 32.4 Å². The third kappa shape index (κ3) is 3.22. The van der Waals surface area contributed by atoms with Crippen molar-refractivity contribution in [3.63, 3.8) is 0 Å². The van der Waals surface area contributed by atoms with Crippen molar-refractivity contribution in [2.45, 2.75) is 31.7 Å². The topological polar surface area (TPSA) is 82.1 Å². The predicted octanol–water partition coefficient (Wildman–Crippen LogP) is 1.69. The minimum Gasteiger partial charge on any atom is -0.346 e. The van der Waals surface area contributed by atoms with Crippen molar-refractivity contribution < 1.29 is 12.8 Å². The first-order valence-electron chi connectivity index (χ1n) is 9.25. The van der Waals surface area contributed by atoms with Gasteiger partial charge in [0.1, 0.15) is 11.3 Å². The fourth-order valence-corrected chi connectivity index (χ4v) is 4.59. The van der Waals surface area contributed by atoms with Gasteiger partial charge in [0.2, 0.25) is 5.43 Å². The van der Waals surface area contributed by atoms with E-state index in [9.17, 15) is 13.2 Å². The molecule has 0 spiro atoms. The van der Waals surface area contributed by atoms with Crippen LogP contribution in [0.3, 0.4) is 0 Å². The highest BCUT2D eigenvalue weighted by atomic mass is 32.2. The molecule has 0 bridgehead atoms. The number of para-hydroxylation sites is 2. The Balaban J connectivity index is 1.91. The fraction of sp³-hybridized carbons (Fsp3) is 0.238. The van der Waals surface area contributed by atoms with E-state index in [1.807, 2.05) is 22.8 Å². The number of sulfonamides is 1. The van der Waals surface area contributed by atoms with E-state index in [4.69, 9.17) is 0 Å². The third-order valence-electron chi connectivity index (χ3n) is 4.88. The molecule has 2 N–H and O–H groups in total. The maximum Gasteiger partial charge on any atom is 0.333 e. The summed E-state index contributed by atoms with van der Waals surface area (Å²) in [6, 6.07) is 14.1. The van der Waals surface area contributed by atoms with Crippen molar-refractivity contribution in [2.24, 2.45) is 5.92 Å². The molecule has 1 aromatic heterocycles. The summed E-state index contributed by atoms with van der Waals surface area (Å²) in [5, 5.41) is 3.65. The van der Waals surface area contributed by atoms with Crippen molar-refractivity contribution in [3.05, 3.63) is 70.5 Å². The molecule has 0 saturated heterocycles. The summed E-state index contributed by atoms with van der Waals surface area (Å²) in [6.07, 6.45) is 2.69. The Kier molecular flexibility index (Phi) is 4.55. The first-order chi connectivity index (χ1) is 13.4. The number of rotatable bonds is 4. The number of hydrogen-bond donors (Lipinski definition) is 2. The molecule has 0 radical (unpaired) electrons. The lowest BCUT2D eigenvalue weighted by molar-refractivity contribution is -0.267. The van der Waals surface area contributed by atoms with Gasteiger partial charge >= 0.3 is 15.9 Å². The van der Waals surface area contributed by atoms with Gasteiger partial charge in [-0.2, -0.15) is 12.8 Å². The number of aryl methyl sites for hydroxylation is 1. The Hall–Kier alpha value is -2.93. The first-order valence-corrected chi connectivity index (χ1v) is 10.7. The number of hydrogen-bond acceptors (Lipinski definition) is 4. The van der Waals surface area contributed by atoms with Crippen LogP contribution in [0.25, 0.3) is 10.9 Å². The lowest BCUT2D eigenvalue weighted by atomic mass is 10.1. The maximum absolute atomic E-state index is 13.1. The van der Waals surface area contributed by atoms with Crippen LogP contribution in [-0.2, 0) is 16.6 Å². The minimum absolute atomic E-state index is 0.166. The molecular formula is C21H22N3O3S+. The lowest BCUT2D eigenvalue weighted by Crippen LogP contribution is -2.80. The SMILES string of the molecule is CC(C)CCn1cc(C2=[NH+]S(=O)(=O)c3ccccc3N2)c(=O)c2ccccc21. The number of amidine groups is 1. The van der Waals surface area contributed by atoms with E-state index in [-0.39, 0.29) is 16.2 Å². The Bertz CT molecular complexity index is 1260. The average molecular weight is 396 g/mol. The molecule has 2 heterocycles. The molecule has 0 saturated carbocycles. The van der Waals surface area contributed by atoms with Crippen LogP contribution in [0.5, 0.6) is 0 Å². The normalized spacial score (nSPS) is 15.2. The number of nitrogens with one attached hydrogen (secondary N) is 2. The van der Waals surface area contributed by atoms with Crippen molar-refractivity contribution in [1.82, 2.24) is 4.57 Å². The first kappa shape index (κ1) is 18.4. The molecule has 0 atom stereocenters. The zero-order chi connectivity index (χ0) is 19.9. The molecule has 4 rings (SSSR count). The van der Waals surface area contributed by atoms with Crippen LogP contribution < -0.4 is 15.1 Å². The van der Waals surface area contributed by atoms with E-state index in [0.29, 0.717) is 22.6 Å². The molecule has 0 unspecified atom stereocenters. The van der Waals surface area contributed by atoms with Crippen LogP contribution in [0.2, 0.25) is 0 Å². The second-order valence-electron chi connectivity index (χ2n) is 7.37. The Morgan fingerprint density at radius 1 is 1.07 bits per heavy atom. The van der Waals surface area contributed by atoms with Crippen LogP contribution in [0.15, 0.2) is 64.4 Å². The van der Waals surface area contributed by atoms with E-state index in [2.05, 4.69) is 23.6 Å². The summed E-state index contributed by atoms with van der Waals surface area (Å²) in [5.41, 5.74) is 1.40. The van der Waals surface area contributed by atoms with Crippen LogP contribution in [0, 0.1) is 5.92 Å². The summed E-state index contributed by atoms with van der Waals surface area (Å²) in [4.78, 5) is 13.3. The number of pyridine rings is 1. The van der Waals surface area contributed by atoms with Crippen LogP contribution in [0.4, 0.5) is 5.69 Å². The Morgan fingerprint density at radius 2 is 1.79 bits per heavy atom. The molecule has 28 heavy (non-hydrogen) atoms. The van der Waals surface area contributed by atoms with Gasteiger partial charge < -0.3 is 4.57 Å². The maximum atomic E-state index is 13.1. The van der Waals surface area contributed by atoms with Gasteiger partial charge in [0, 0.05) is 18.1 Å². The van der Waals surface area contributed by atoms with E-state index in [1.54, 1.807) is 30.5 Å². The van der Waals surface area contributed by atoms with Crippen LogP contribution in [-0.4, -0.2) is 18.8 Å². The van der Waals surface area contributed by atoms with E-state index < -0.39 is 10.0 Å². The summed E-state index contributed by atoms with van der Waals surface area (Å²) in [6.45, 7) is 5.03. The van der Waals surface area contributed by atoms with E-state index >= 15 is 0 Å². The molecule has 2 aromatic carbocycles. The molecule has 1 aliphatic rings. The minimum atomic E-state index is -3.75. The zero-order valence-electron chi connectivity index (χ0n) is 15.8. The molecule has 0 amide bonds. The van der Waals surface area contributed by atoms with E-state index in [0.717, 1.165) is 18.5 Å². The summed E-state index contributed by atoms with van der Waals surface area (Å²) in [5.74, 6) is 0.695. The Labute approximate surface area is 163 Å². The fourth-order valence-electron chi connectivity index (χ4n) is 3.38. The largest absolute Gasteiger partial charge is 0.346 e. The molecule has 3 aromatic rings. The van der Waals surface area contributed by atoms with Gasteiger partial charge in [-0.25, -0.2) is 5.32 Å². The smallest absolute Gasteiger partial charge is 0.333 e. The monoisotopic (exact) mass is 396 g/mol. The van der Waals surface area contributed by atoms with E-state index in [1.165, 1.54) is 6.07 Å². The second kappa shape index (κ2) is 6.91. The van der Waals surface area contributed by atoms with Gasteiger partial charge in [0.15, 0.2) is 4.90 Å². The van der Waals surface area contributed by atoms with Gasteiger partial charge in [-0.15, -0.1) is 0 Å². The molecule has 0 aliphatic carbocycles. The van der Waals surface area contributed by atoms with Crippen LogP contribution >= 0.6 is 0 Å². The average Bonchev–Trinajstić information content (AvgIpc) is 2.67. The van der Waals surface area contributed by atoms with Gasteiger partial charge in [-0.3, -0.25) is 4.79 Å². The lowest BCUT2D eigenvalue weighted by Gasteiger charge is -2.16. The quantitative estimate of drug-likeness (QED) is 0.703. The highest BCUT2D eigenvalue weighted by molar-refractivity contribution is 7.85. The third-order valence-corrected chi connectivity index (χ3v) is 6.28. The summed E-state index contributed by atoms with van der Waals surface area (Å²) >= 11 is 0. The van der Waals surface area contributed by atoms with Crippen molar-refractivity contribution in [2.75, 3.05) is 5.32 Å². The number of nitrogens with zero attached hydrogens (tertiary/aromatic N) is 1. The van der Waals surface area contributed by atoms with Crippen LogP contribution in [0.1, 0.15) is 25.8 Å². The second-order valence-corrected chi connectivity index (χ2v) is 9.02. The number of aromatic nitrogens is 1. The van der Waals surface area contributed by atoms with Crippen molar-refractivity contribution in [1.29, 1.82) is 0 Å². The molecule has 144 valence electrons. The summed E-state index contributed by atoms with van der Waals surface area (Å²) < 4.78 is 29.9. The highest BCUT2D eigenvalue weighted by Crippen LogP contribution is 2.21. The van der Waals surface area contributed by atoms with Gasteiger partial charge in [0.05, 0.1) is 5.52 Å². The Morgan fingerprint density at radius 3 is 2.57 bits per heavy atom. The highest BCUT2D eigenvalue weighted by Gasteiger charge is 2.32. The molecule has 0 fully saturated rings. The van der Waals surface area contributed by atoms with Gasteiger partial charge in [0.25, 0.3) is 0 Å². The summed E-state index contributed by atoms with van der Waals surface area (Å²) in [7, 11) is -3.75. The molecular weight excluding hydrogens is 374 g/mol. The number of benzene rings is 2.